The molecule has 0 radical (unpaired) electrons. The first-order valence-electron chi connectivity index (χ1n) is 11.0. The smallest absolute Gasteiger partial charge is 0.270 e. The van der Waals surface area contributed by atoms with Gasteiger partial charge >= 0.3 is 0 Å². The maximum Gasteiger partial charge on any atom is 0.270 e. The van der Waals surface area contributed by atoms with Crippen molar-refractivity contribution in [1.82, 2.24) is 24.6 Å². The lowest BCUT2D eigenvalue weighted by Gasteiger charge is -2.33. The average molecular weight is 440 g/mol. The van der Waals surface area contributed by atoms with Crippen LogP contribution in [0.2, 0.25) is 5.02 Å². The molecule has 0 bridgehead atoms. The van der Waals surface area contributed by atoms with Crippen molar-refractivity contribution in [2.24, 2.45) is 7.05 Å². The topological polar surface area (TPSA) is 55.1 Å². The van der Waals surface area contributed by atoms with Crippen LogP contribution in [0.1, 0.15) is 43.1 Å². The normalized spacial score (nSPS) is 17.1. The van der Waals surface area contributed by atoms with Crippen LogP contribution in [0.25, 0.3) is 17.1 Å². The molecule has 1 aliphatic heterocycles. The number of para-hydroxylation sites is 1. The molecule has 1 atom stereocenters. The second kappa shape index (κ2) is 9.71. The van der Waals surface area contributed by atoms with Gasteiger partial charge in [0.25, 0.3) is 5.91 Å². The summed E-state index contributed by atoms with van der Waals surface area (Å²) in [5.74, 6) is -0.139. The third kappa shape index (κ3) is 4.86. The molecule has 4 rings (SSSR count). The minimum atomic E-state index is -0.139. The van der Waals surface area contributed by atoms with Crippen molar-refractivity contribution in [1.29, 1.82) is 0 Å². The zero-order valence-electron chi connectivity index (χ0n) is 18.2. The number of likely N-dealkylation sites (tertiary alicyclic amines) is 1. The van der Waals surface area contributed by atoms with E-state index < -0.39 is 0 Å². The Kier molecular flexibility index (Phi) is 6.78. The molecule has 31 heavy (non-hydrogen) atoms. The molecule has 0 spiro atoms. The second-order valence-electron chi connectivity index (χ2n) is 8.27. The average Bonchev–Trinajstić information content (AvgIpc) is 3.39. The van der Waals surface area contributed by atoms with E-state index in [0.29, 0.717) is 29.0 Å². The molecule has 6 nitrogen and oxygen atoms in total. The molecule has 0 saturated carbocycles. The highest BCUT2D eigenvalue weighted by Gasteiger charge is 2.21. The Balaban J connectivity index is 1.50. The third-order valence-corrected chi connectivity index (χ3v) is 6.40. The van der Waals surface area contributed by atoms with Crippen molar-refractivity contribution in [2.45, 2.75) is 38.6 Å². The SMILES string of the molecule is CC1CCCCN1CCCNC(=O)c1cc(-c2cccn2C)nn1-c1ccccc1Cl. The second-order valence-corrected chi connectivity index (χ2v) is 8.68. The fourth-order valence-corrected chi connectivity index (χ4v) is 4.48. The van der Waals surface area contributed by atoms with Crippen molar-refractivity contribution in [3.05, 3.63) is 59.4 Å². The number of hydrogen-bond acceptors (Lipinski definition) is 3. The lowest BCUT2D eigenvalue weighted by Crippen LogP contribution is -2.39. The van der Waals surface area contributed by atoms with Gasteiger partial charge in [0.2, 0.25) is 0 Å². The summed E-state index contributed by atoms with van der Waals surface area (Å²) >= 11 is 6.42. The number of aryl methyl sites for hydroxylation is 1. The van der Waals surface area contributed by atoms with Crippen molar-refractivity contribution in [2.75, 3.05) is 19.6 Å². The Morgan fingerprint density at radius 1 is 1.23 bits per heavy atom. The third-order valence-electron chi connectivity index (χ3n) is 6.08. The van der Waals surface area contributed by atoms with Crippen molar-refractivity contribution < 1.29 is 4.79 Å². The number of piperidine rings is 1. The molecular weight excluding hydrogens is 410 g/mol. The number of carbonyl (C=O) groups is 1. The summed E-state index contributed by atoms with van der Waals surface area (Å²) in [7, 11) is 1.96. The first-order chi connectivity index (χ1) is 15.0. The monoisotopic (exact) mass is 439 g/mol. The molecule has 2 aromatic heterocycles. The summed E-state index contributed by atoms with van der Waals surface area (Å²) in [6.45, 7) is 5.11. The maximum atomic E-state index is 13.1. The van der Waals surface area contributed by atoms with Gasteiger partial charge in [0, 0.05) is 32.4 Å². The van der Waals surface area contributed by atoms with Crippen LogP contribution in [0.4, 0.5) is 0 Å². The quantitative estimate of drug-likeness (QED) is 0.550. The van der Waals surface area contributed by atoms with E-state index in [1.807, 2.05) is 60.3 Å². The summed E-state index contributed by atoms with van der Waals surface area (Å²) < 4.78 is 3.63. The van der Waals surface area contributed by atoms with Crippen molar-refractivity contribution >= 4 is 17.5 Å². The van der Waals surface area contributed by atoms with Gasteiger partial charge in [-0.1, -0.05) is 30.2 Å². The molecule has 3 heterocycles. The molecule has 1 unspecified atom stereocenters. The molecule has 1 amide bonds. The molecule has 0 aliphatic carbocycles. The lowest BCUT2D eigenvalue weighted by molar-refractivity contribution is 0.0941. The molecular formula is C24H30ClN5O. The molecule has 164 valence electrons. The van der Waals surface area contributed by atoms with Crippen LogP contribution in [-0.2, 0) is 7.05 Å². The minimum absolute atomic E-state index is 0.139. The summed E-state index contributed by atoms with van der Waals surface area (Å²) in [5, 5.41) is 8.35. The Morgan fingerprint density at radius 3 is 2.81 bits per heavy atom. The van der Waals surface area contributed by atoms with Gasteiger partial charge in [-0.3, -0.25) is 4.79 Å². The fraction of sp³-hybridized carbons (Fsp3) is 0.417. The highest BCUT2D eigenvalue weighted by molar-refractivity contribution is 6.32. The van der Waals surface area contributed by atoms with Crippen LogP contribution in [0.15, 0.2) is 48.7 Å². The predicted octanol–water partition coefficient (Wildman–Crippen LogP) is 4.53. The number of carbonyl (C=O) groups excluding carboxylic acids is 1. The van der Waals surface area contributed by atoms with Crippen LogP contribution in [0, 0.1) is 0 Å². The van der Waals surface area contributed by atoms with Crippen molar-refractivity contribution in [3.8, 4) is 17.1 Å². The van der Waals surface area contributed by atoms with Gasteiger partial charge in [-0.15, -0.1) is 0 Å². The number of aromatic nitrogens is 3. The number of nitrogens with one attached hydrogen (secondary N) is 1. The molecule has 1 N–H and O–H groups in total. The van der Waals surface area contributed by atoms with Gasteiger partial charge in [0.1, 0.15) is 11.4 Å². The summed E-state index contributed by atoms with van der Waals surface area (Å²) in [6, 6.07) is 13.9. The van der Waals surface area contributed by atoms with Gasteiger partial charge in [-0.05, 0) is 63.1 Å². The highest BCUT2D eigenvalue weighted by Crippen LogP contribution is 2.25. The number of hydrogen-bond donors (Lipinski definition) is 1. The zero-order chi connectivity index (χ0) is 21.8. The van der Waals surface area contributed by atoms with Crippen LogP contribution >= 0.6 is 11.6 Å². The highest BCUT2D eigenvalue weighted by atomic mass is 35.5. The molecule has 1 saturated heterocycles. The van der Waals surface area contributed by atoms with E-state index in [0.717, 1.165) is 30.9 Å². The van der Waals surface area contributed by atoms with Crippen LogP contribution < -0.4 is 5.32 Å². The van der Waals surface area contributed by atoms with Gasteiger partial charge in [0.15, 0.2) is 0 Å². The first kappa shape index (κ1) is 21.7. The van der Waals surface area contributed by atoms with E-state index in [1.54, 1.807) is 4.68 Å². The Hall–Kier alpha value is -2.57. The maximum absolute atomic E-state index is 13.1. The summed E-state index contributed by atoms with van der Waals surface area (Å²) in [4.78, 5) is 15.6. The fourth-order valence-electron chi connectivity index (χ4n) is 4.27. The van der Waals surface area contributed by atoms with Gasteiger partial charge in [-0.2, -0.15) is 5.10 Å². The van der Waals surface area contributed by atoms with E-state index >= 15 is 0 Å². The minimum Gasteiger partial charge on any atom is -0.351 e. The van der Waals surface area contributed by atoms with E-state index in [-0.39, 0.29) is 5.91 Å². The largest absolute Gasteiger partial charge is 0.351 e. The standard InChI is InChI=1S/C24H30ClN5O/c1-18-9-5-6-15-29(18)16-8-13-26-24(31)23-17-20(22-12-7-14-28(22)2)27-30(23)21-11-4-3-10-19(21)25/h3-4,7,10-12,14,17-18H,5-6,8-9,13,15-16H2,1-2H3,(H,26,31). The number of amides is 1. The molecule has 1 fully saturated rings. The van der Waals surface area contributed by atoms with E-state index in [1.165, 1.54) is 19.3 Å². The zero-order valence-corrected chi connectivity index (χ0v) is 19.0. The Bertz CT molecular complexity index is 1040. The van der Waals surface area contributed by atoms with Crippen LogP contribution in [0.3, 0.4) is 0 Å². The number of nitrogens with zero attached hydrogens (tertiary/aromatic N) is 4. The van der Waals surface area contributed by atoms with E-state index in [9.17, 15) is 4.79 Å². The molecule has 7 heteroatoms. The number of rotatable bonds is 7. The van der Waals surface area contributed by atoms with E-state index in [2.05, 4.69) is 17.1 Å². The molecule has 1 aliphatic rings. The summed E-state index contributed by atoms with van der Waals surface area (Å²) in [6.07, 6.45) is 6.76. The lowest BCUT2D eigenvalue weighted by atomic mass is 10.0. The van der Waals surface area contributed by atoms with Gasteiger partial charge < -0.3 is 14.8 Å². The van der Waals surface area contributed by atoms with Crippen molar-refractivity contribution in [3.63, 3.8) is 0 Å². The predicted molar refractivity (Wildman–Crippen MR) is 125 cm³/mol. The van der Waals surface area contributed by atoms with Crippen LogP contribution in [-0.4, -0.2) is 50.8 Å². The summed E-state index contributed by atoms with van der Waals surface area (Å²) in [5.41, 5.74) is 2.85. The Labute approximate surface area is 188 Å². The number of halogens is 1. The first-order valence-corrected chi connectivity index (χ1v) is 11.4. The van der Waals surface area contributed by atoms with Gasteiger partial charge in [-0.25, -0.2) is 4.68 Å². The molecule has 3 aromatic rings. The van der Waals surface area contributed by atoms with Crippen LogP contribution in [0.5, 0.6) is 0 Å². The number of benzene rings is 1. The van der Waals surface area contributed by atoms with Gasteiger partial charge in [0.05, 0.1) is 16.4 Å². The van der Waals surface area contributed by atoms with E-state index in [4.69, 9.17) is 16.7 Å². The Morgan fingerprint density at radius 2 is 2.06 bits per heavy atom. The molecule has 1 aromatic carbocycles.